The van der Waals surface area contributed by atoms with E-state index in [1.54, 1.807) is 48.5 Å². The molecule has 0 fully saturated rings. The summed E-state index contributed by atoms with van der Waals surface area (Å²) in [6, 6.07) is 12.3. The Bertz CT molecular complexity index is 901. The lowest BCUT2D eigenvalue weighted by Gasteiger charge is -2.22. The molecule has 3 amide bonds. The summed E-state index contributed by atoms with van der Waals surface area (Å²) in [6.45, 7) is 9.43. The number of amides is 3. The molecule has 0 aromatic heterocycles. The van der Waals surface area contributed by atoms with Gasteiger partial charge >= 0.3 is 0 Å². The van der Waals surface area contributed by atoms with Gasteiger partial charge in [-0.1, -0.05) is 25.4 Å². The van der Waals surface area contributed by atoms with E-state index in [0.29, 0.717) is 21.8 Å². The molecule has 0 aliphatic heterocycles. The van der Waals surface area contributed by atoms with Crippen LogP contribution >= 0.6 is 11.6 Å². The average molecular weight is 430 g/mol. The number of nitrogens with one attached hydrogen (secondary N) is 3. The average Bonchev–Trinajstić information content (AvgIpc) is 2.65. The van der Waals surface area contributed by atoms with E-state index < -0.39 is 6.04 Å². The third kappa shape index (κ3) is 6.88. The maximum Gasteiger partial charge on any atom is 0.251 e. The van der Waals surface area contributed by atoms with Crippen LogP contribution < -0.4 is 16.0 Å². The van der Waals surface area contributed by atoms with Crippen LogP contribution in [0.5, 0.6) is 0 Å². The van der Waals surface area contributed by atoms with Crippen molar-refractivity contribution in [1.82, 2.24) is 10.6 Å². The van der Waals surface area contributed by atoms with Crippen molar-refractivity contribution in [2.24, 2.45) is 5.92 Å². The van der Waals surface area contributed by atoms with E-state index >= 15 is 0 Å². The lowest BCUT2D eigenvalue weighted by molar-refractivity contribution is -0.118. The monoisotopic (exact) mass is 429 g/mol. The van der Waals surface area contributed by atoms with Crippen LogP contribution in [0.25, 0.3) is 0 Å². The molecule has 2 aromatic carbocycles. The molecule has 0 saturated carbocycles. The van der Waals surface area contributed by atoms with Crippen LogP contribution in [0.2, 0.25) is 5.02 Å². The summed E-state index contributed by atoms with van der Waals surface area (Å²) < 4.78 is 0. The minimum absolute atomic E-state index is 0.127. The van der Waals surface area contributed by atoms with Crippen molar-refractivity contribution < 1.29 is 14.4 Å². The van der Waals surface area contributed by atoms with Gasteiger partial charge < -0.3 is 16.0 Å². The number of hydrogen-bond donors (Lipinski definition) is 3. The van der Waals surface area contributed by atoms with Gasteiger partial charge in [0.15, 0.2) is 0 Å². The highest BCUT2D eigenvalue weighted by atomic mass is 35.5. The molecule has 0 radical (unpaired) electrons. The fourth-order valence-electron chi connectivity index (χ4n) is 2.70. The molecule has 0 heterocycles. The molecule has 0 aliphatic carbocycles. The Hall–Kier alpha value is -2.86. The van der Waals surface area contributed by atoms with Crippen LogP contribution in [-0.4, -0.2) is 29.3 Å². The number of carbonyl (C=O) groups excluding carboxylic acids is 3. The zero-order valence-corrected chi connectivity index (χ0v) is 18.6. The van der Waals surface area contributed by atoms with Crippen LogP contribution in [0.15, 0.2) is 48.5 Å². The highest BCUT2D eigenvalue weighted by Crippen LogP contribution is 2.14. The highest BCUT2D eigenvalue weighted by Gasteiger charge is 2.25. The minimum atomic E-state index is -0.725. The van der Waals surface area contributed by atoms with Gasteiger partial charge in [0.2, 0.25) is 5.91 Å². The van der Waals surface area contributed by atoms with E-state index in [0.717, 1.165) is 0 Å². The summed E-state index contributed by atoms with van der Waals surface area (Å²) in [5.74, 6) is -0.998. The van der Waals surface area contributed by atoms with Crippen LogP contribution in [0, 0.1) is 5.92 Å². The van der Waals surface area contributed by atoms with Crippen LogP contribution in [-0.2, 0) is 4.79 Å². The Morgan fingerprint density at radius 1 is 0.833 bits per heavy atom. The van der Waals surface area contributed by atoms with Crippen LogP contribution in [0.4, 0.5) is 5.69 Å². The van der Waals surface area contributed by atoms with Crippen molar-refractivity contribution in [3.8, 4) is 0 Å². The van der Waals surface area contributed by atoms with Crippen molar-refractivity contribution >= 4 is 35.0 Å². The number of rotatable bonds is 6. The molecule has 0 spiro atoms. The lowest BCUT2D eigenvalue weighted by atomic mass is 10.0. The quantitative estimate of drug-likeness (QED) is 0.641. The van der Waals surface area contributed by atoms with Crippen molar-refractivity contribution in [2.45, 2.75) is 46.2 Å². The Morgan fingerprint density at radius 2 is 1.33 bits per heavy atom. The van der Waals surface area contributed by atoms with E-state index in [1.807, 2.05) is 34.6 Å². The minimum Gasteiger partial charge on any atom is -0.347 e. The first-order chi connectivity index (χ1) is 14.0. The van der Waals surface area contributed by atoms with E-state index in [1.165, 1.54) is 0 Å². The molecule has 0 aliphatic rings. The predicted molar refractivity (Wildman–Crippen MR) is 120 cm³/mol. The number of carbonyl (C=O) groups is 3. The van der Waals surface area contributed by atoms with Crippen LogP contribution in [0.3, 0.4) is 0 Å². The van der Waals surface area contributed by atoms with Gasteiger partial charge in [0.1, 0.15) is 6.04 Å². The van der Waals surface area contributed by atoms with E-state index in [4.69, 9.17) is 11.6 Å². The first kappa shape index (κ1) is 23.4. The molecular formula is C23H28ClN3O3. The molecule has 1 unspecified atom stereocenters. The summed E-state index contributed by atoms with van der Waals surface area (Å²) in [4.78, 5) is 37.5. The van der Waals surface area contributed by atoms with Gasteiger partial charge in [0, 0.05) is 27.4 Å². The van der Waals surface area contributed by atoms with E-state index in [2.05, 4.69) is 16.0 Å². The van der Waals surface area contributed by atoms with Crippen LogP contribution in [0.1, 0.15) is 55.3 Å². The number of benzene rings is 2. The molecule has 0 bridgehead atoms. The topological polar surface area (TPSA) is 87.3 Å². The first-order valence-corrected chi connectivity index (χ1v) is 10.1. The lowest BCUT2D eigenvalue weighted by Crippen LogP contribution is -2.47. The maximum atomic E-state index is 12.8. The zero-order chi connectivity index (χ0) is 22.5. The summed E-state index contributed by atoms with van der Waals surface area (Å²) in [7, 11) is 0. The third-order valence-electron chi connectivity index (χ3n) is 4.25. The van der Waals surface area contributed by atoms with Gasteiger partial charge in [-0.3, -0.25) is 14.4 Å². The zero-order valence-electron chi connectivity index (χ0n) is 17.9. The molecule has 30 heavy (non-hydrogen) atoms. The molecule has 0 saturated heterocycles. The van der Waals surface area contributed by atoms with Crippen molar-refractivity contribution in [3.63, 3.8) is 0 Å². The second-order valence-corrected chi connectivity index (χ2v) is 8.91. The largest absolute Gasteiger partial charge is 0.347 e. The second kappa shape index (κ2) is 9.76. The van der Waals surface area contributed by atoms with Crippen molar-refractivity contribution in [1.29, 1.82) is 0 Å². The fourth-order valence-corrected chi connectivity index (χ4v) is 2.82. The molecule has 160 valence electrons. The van der Waals surface area contributed by atoms with Gasteiger partial charge in [-0.2, -0.15) is 0 Å². The van der Waals surface area contributed by atoms with Gasteiger partial charge in [-0.05, 0) is 75.2 Å². The molecule has 1 atom stereocenters. The van der Waals surface area contributed by atoms with Gasteiger partial charge in [-0.25, -0.2) is 0 Å². The van der Waals surface area contributed by atoms with Gasteiger partial charge in [0.25, 0.3) is 11.8 Å². The highest BCUT2D eigenvalue weighted by molar-refractivity contribution is 6.30. The van der Waals surface area contributed by atoms with Gasteiger partial charge in [-0.15, -0.1) is 0 Å². The summed E-state index contributed by atoms with van der Waals surface area (Å²) in [5, 5.41) is 8.99. The Morgan fingerprint density at radius 3 is 1.83 bits per heavy atom. The normalized spacial score (nSPS) is 12.2. The number of halogens is 1. The third-order valence-corrected chi connectivity index (χ3v) is 4.50. The Balaban J connectivity index is 2.05. The van der Waals surface area contributed by atoms with Crippen molar-refractivity contribution in [2.75, 3.05) is 5.32 Å². The summed E-state index contributed by atoms with van der Waals surface area (Å²) >= 11 is 5.85. The molecule has 6 nitrogen and oxygen atoms in total. The summed E-state index contributed by atoms with van der Waals surface area (Å²) in [6.07, 6.45) is 0. The smallest absolute Gasteiger partial charge is 0.251 e. The number of hydrogen-bond acceptors (Lipinski definition) is 3. The first-order valence-electron chi connectivity index (χ1n) is 9.76. The van der Waals surface area contributed by atoms with Crippen molar-refractivity contribution in [3.05, 3.63) is 64.7 Å². The fraction of sp³-hybridized carbons (Fsp3) is 0.348. The standard InChI is InChI=1S/C23H28ClN3O3/c1-14(2)19(26-20(28)15-6-10-17(24)11-7-15)22(30)25-18-12-8-16(9-13-18)21(29)27-23(3,4)5/h6-14,19H,1-5H3,(H,25,30)(H,26,28)(H,27,29). The molecule has 7 heteroatoms. The molecule has 2 rings (SSSR count). The molecule has 3 N–H and O–H groups in total. The molecule has 2 aromatic rings. The predicted octanol–water partition coefficient (Wildman–Crippen LogP) is 4.26. The Kier molecular flexibility index (Phi) is 7.62. The maximum absolute atomic E-state index is 12.8. The number of anilines is 1. The SMILES string of the molecule is CC(C)C(NC(=O)c1ccc(Cl)cc1)C(=O)Nc1ccc(C(=O)NC(C)(C)C)cc1. The second-order valence-electron chi connectivity index (χ2n) is 8.47. The van der Waals surface area contributed by atoms with E-state index in [9.17, 15) is 14.4 Å². The molecular weight excluding hydrogens is 402 g/mol. The van der Waals surface area contributed by atoms with Gasteiger partial charge in [0.05, 0.1) is 0 Å². The Labute approximate surface area is 182 Å². The summed E-state index contributed by atoms with van der Waals surface area (Å²) in [5.41, 5.74) is 1.13. The van der Waals surface area contributed by atoms with E-state index in [-0.39, 0.29) is 29.2 Å².